The quantitative estimate of drug-likeness (QED) is 0.240. The van der Waals surface area contributed by atoms with E-state index in [0.717, 1.165) is 43.4 Å². The van der Waals surface area contributed by atoms with E-state index >= 15 is 0 Å². The van der Waals surface area contributed by atoms with Crippen LogP contribution in [0.2, 0.25) is 0 Å². The Morgan fingerprint density at radius 3 is 1.90 bits per heavy atom. The van der Waals surface area contributed by atoms with Crippen LogP contribution in [0.5, 0.6) is 0 Å². The Morgan fingerprint density at radius 1 is 0.833 bits per heavy atom. The number of hydrogen-bond acceptors (Lipinski definition) is 5. The van der Waals surface area contributed by atoms with E-state index in [-0.39, 0.29) is 29.9 Å². The zero-order chi connectivity index (χ0) is 21.6. The van der Waals surface area contributed by atoms with E-state index in [1.165, 1.54) is 0 Å². The molecule has 2 unspecified atom stereocenters. The molecule has 1 aliphatic rings. The Balaban J connectivity index is 2.24. The van der Waals surface area contributed by atoms with Crippen LogP contribution in [-0.4, -0.2) is 49.7 Å². The summed E-state index contributed by atoms with van der Waals surface area (Å²) in [7, 11) is 0. The first-order valence-electron chi connectivity index (χ1n) is 11.6. The monoisotopic (exact) mass is 436 g/mol. The highest BCUT2D eigenvalue weighted by molar-refractivity contribution is 7.99. The number of benzene rings is 1. The molecule has 0 aliphatic carbocycles. The average Bonchev–Trinajstić information content (AvgIpc) is 2.77. The van der Waals surface area contributed by atoms with Crippen molar-refractivity contribution in [1.29, 1.82) is 0 Å². The number of hydrogen-bond donors (Lipinski definition) is 0. The van der Waals surface area contributed by atoms with Crippen molar-refractivity contribution in [1.82, 2.24) is 0 Å². The van der Waals surface area contributed by atoms with E-state index in [4.69, 9.17) is 18.9 Å². The van der Waals surface area contributed by atoms with Gasteiger partial charge in [0.15, 0.2) is 0 Å². The van der Waals surface area contributed by atoms with Gasteiger partial charge in [0.1, 0.15) is 29.9 Å². The van der Waals surface area contributed by atoms with Crippen LogP contribution >= 0.6 is 11.8 Å². The summed E-state index contributed by atoms with van der Waals surface area (Å²) in [6, 6.07) is 10.3. The maximum Gasteiger partial charge on any atom is 0.137 e. The molecule has 30 heavy (non-hydrogen) atoms. The minimum absolute atomic E-state index is 0.176. The molecule has 1 aromatic carbocycles. The summed E-state index contributed by atoms with van der Waals surface area (Å²) < 4.78 is 25.6. The molecule has 5 atom stereocenters. The van der Waals surface area contributed by atoms with Crippen LogP contribution < -0.4 is 0 Å². The number of ether oxygens (including phenoxy) is 4. The van der Waals surface area contributed by atoms with Gasteiger partial charge in [0, 0.05) is 24.7 Å². The standard InChI is InChI=1S/C25H40O4S/c1-5-9-17-26-22-21(8-4)29-25(30-20-15-13-12-14-16-20)24(28-19-11-7-3)23(22)27-18-10-6-2/h8,12-16,21-25H,4-7,9-11,17-19H2,1-3H3/t21?,22-,23?,24-,25-/m1/s1. The lowest BCUT2D eigenvalue weighted by Gasteiger charge is -2.45. The zero-order valence-corrected chi connectivity index (χ0v) is 19.8. The predicted molar refractivity (Wildman–Crippen MR) is 125 cm³/mol. The lowest BCUT2D eigenvalue weighted by Crippen LogP contribution is -2.59. The van der Waals surface area contributed by atoms with Crippen LogP contribution in [0.15, 0.2) is 47.9 Å². The molecular formula is C25H40O4S. The molecule has 2 rings (SSSR count). The second-order valence-corrected chi connectivity index (χ2v) is 8.87. The second kappa shape index (κ2) is 15.0. The van der Waals surface area contributed by atoms with E-state index in [1.807, 2.05) is 12.1 Å². The van der Waals surface area contributed by atoms with Crippen molar-refractivity contribution in [2.75, 3.05) is 19.8 Å². The Bertz CT molecular complexity index is 568. The highest BCUT2D eigenvalue weighted by atomic mass is 32.2. The lowest BCUT2D eigenvalue weighted by atomic mass is 9.98. The maximum absolute atomic E-state index is 6.48. The second-order valence-electron chi connectivity index (χ2n) is 7.70. The third-order valence-electron chi connectivity index (χ3n) is 5.18. The Kier molecular flexibility index (Phi) is 12.7. The number of rotatable bonds is 15. The van der Waals surface area contributed by atoms with Crippen LogP contribution in [0, 0.1) is 0 Å². The summed E-state index contributed by atoms with van der Waals surface area (Å²) >= 11 is 1.69. The molecular weight excluding hydrogens is 396 g/mol. The van der Waals surface area contributed by atoms with Gasteiger partial charge in [-0.25, -0.2) is 0 Å². The van der Waals surface area contributed by atoms with E-state index < -0.39 is 0 Å². The van der Waals surface area contributed by atoms with Gasteiger partial charge in [0.2, 0.25) is 0 Å². The molecule has 5 heteroatoms. The first-order valence-corrected chi connectivity index (χ1v) is 12.5. The molecule has 0 bridgehead atoms. The summed E-state index contributed by atoms with van der Waals surface area (Å²) in [4.78, 5) is 1.16. The number of unbranched alkanes of at least 4 members (excludes halogenated alkanes) is 3. The number of thioether (sulfide) groups is 1. The smallest absolute Gasteiger partial charge is 0.137 e. The SMILES string of the molecule is C=CC1O[C@H](Sc2ccccc2)[C@H](OCCCC)C(OCCCC)[C@@H]1OCCCC. The van der Waals surface area contributed by atoms with Crippen molar-refractivity contribution in [3.8, 4) is 0 Å². The van der Waals surface area contributed by atoms with E-state index in [9.17, 15) is 0 Å². The fourth-order valence-corrected chi connectivity index (χ4v) is 4.53. The van der Waals surface area contributed by atoms with E-state index in [2.05, 4.69) is 51.6 Å². The van der Waals surface area contributed by atoms with Gasteiger partial charge >= 0.3 is 0 Å². The summed E-state index contributed by atoms with van der Waals surface area (Å²) in [5.41, 5.74) is -0.176. The lowest BCUT2D eigenvalue weighted by molar-refractivity contribution is -0.229. The fourth-order valence-electron chi connectivity index (χ4n) is 3.40. The van der Waals surface area contributed by atoms with Gasteiger partial charge in [-0.2, -0.15) is 0 Å². The van der Waals surface area contributed by atoms with Gasteiger partial charge in [0.05, 0.1) is 0 Å². The molecule has 0 N–H and O–H groups in total. The minimum atomic E-state index is -0.222. The van der Waals surface area contributed by atoms with Gasteiger partial charge in [-0.05, 0) is 31.4 Å². The summed E-state index contributed by atoms with van der Waals surface area (Å²) in [5.74, 6) is 0. The van der Waals surface area contributed by atoms with Crippen LogP contribution in [0.1, 0.15) is 59.3 Å². The molecule has 0 spiro atoms. The fraction of sp³-hybridized carbons (Fsp3) is 0.680. The van der Waals surface area contributed by atoms with Crippen LogP contribution in [-0.2, 0) is 18.9 Å². The molecule has 1 aromatic rings. The molecule has 4 nitrogen and oxygen atoms in total. The molecule has 1 fully saturated rings. The first-order chi connectivity index (χ1) is 14.7. The minimum Gasteiger partial charge on any atom is -0.373 e. The van der Waals surface area contributed by atoms with Crippen LogP contribution in [0.25, 0.3) is 0 Å². The first kappa shape index (κ1) is 25.4. The van der Waals surface area contributed by atoms with Gasteiger partial charge < -0.3 is 18.9 Å². The highest BCUT2D eigenvalue weighted by Gasteiger charge is 2.47. The Morgan fingerprint density at radius 2 is 1.37 bits per heavy atom. The Hall–Kier alpha value is -0.850. The van der Waals surface area contributed by atoms with Crippen molar-refractivity contribution in [3.05, 3.63) is 43.0 Å². The summed E-state index contributed by atoms with van der Waals surface area (Å²) in [6.45, 7) is 12.6. The molecule has 170 valence electrons. The predicted octanol–water partition coefficient (Wildman–Crippen LogP) is 6.25. The largest absolute Gasteiger partial charge is 0.373 e. The van der Waals surface area contributed by atoms with E-state index in [1.54, 1.807) is 11.8 Å². The zero-order valence-electron chi connectivity index (χ0n) is 19.0. The normalized spacial score (nSPS) is 26.6. The van der Waals surface area contributed by atoms with Gasteiger partial charge in [0.25, 0.3) is 0 Å². The molecule has 1 aliphatic heterocycles. The Labute approximate surface area is 187 Å². The average molecular weight is 437 g/mol. The van der Waals surface area contributed by atoms with E-state index in [0.29, 0.717) is 19.8 Å². The van der Waals surface area contributed by atoms with Crippen LogP contribution in [0.3, 0.4) is 0 Å². The molecule has 1 saturated heterocycles. The van der Waals surface area contributed by atoms with Crippen molar-refractivity contribution in [3.63, 3.8) is 0 Å². The van der Waals surface area contributed by atoms with Crippen LogP contribution in [0.4, 0.5) is 0 Å². The van der Waals surface area contributed by atoms with Gasteiger partial charge in [-0.15, -0.1) is 6.58 Å². The maximum atomic E-state index is 6.48. The third-order valence-corrected chi connectivity index (χ3v) is 6.34. The van der Waals surface area contributed by atoms with Crippen molar-refractivity contribution < 1.29 is 18.9 Å². The highest BCUT2D eigenvalue weighted by Crippen LogP contribution is 2.37. The van der Waals surface area contributed by atoms with Crippen molar-refractivity contribution in [2.45, 2.75) is 94.0 Å². The van der Waals surface area contributed by atoms with Gasteiger partial charge in [-0.3, -0.25) is 0 Å². The van der Waals surface area contributed by atoms with Gasteiger partial charge in [-0.1, -0.05) is 76.1 Å². The molecule has 0 aromatic heterocycles. The topological polar surface area (TPSA) is 36.9 Å². The summed E-state index contributed by atoms with van der Waals surface area (Å²) in [6.07, 6.45) is 7.41. The third kappa shape index (κ3) is 8.01. The molecule has 1 heterocycles. The molecule has 0 saturated carbocycles. The molecule has 0 radical (unpaired) electrons. The summed E-state index contributed by atoms with van der Waals surface area (Å²) in [5, 5.41) is 0. The van der Waals surface area contributed by atoms with Crippen molar-refractivity contribution in [2.24, 2.45) is 0 Å². The van der Waals surface area contributed by atoms with Crippen molar-refractivity contribution >= 4 is 11.8 Å². The molecule has 0 amide bonds.